The van der Waals surface area contributed by atoms with Gasteiger partial charge in [0, 0.05) is 20.2 Å². The average Bonchev–Trinajstić information content (AvgIpc) is 2.30. The quantitative estimate of drug-likeness (QED) is 0.706. The zero-order chi connectivity index (χ0) is 13.1. The Hall–Kier alpha value is -0.720. The van der Waals surface area contributed by atoms with Crippen molar-refractivity contribution in [3.05, 3.63) is 0 Å². The van der Waals surface area contributed by atoms with Crippen molar-refractivity contribution in [2.24, 2.45) is 5.73 Å². The summed E-state index contributed by atoms with van der Waals surface area (Å²) in [4.78, 5) is 13.4. The van der Waals surface area contributed by atoms with E-state index in [0.717, 1.165) is 0 Å². The number of hydrogen-bond acceptors (Lipinski definition) is 4. The molecule has 1 heterocycles. The molecule has 1 aliphatic rings. The molecule has 0 amide bonds. The molecule has 0 aromatic rings. The van der Waals surface area contributed by atoms with Crippen LogP contribution < -0.4 is 5.73 Å². The van der Waals surface area contributed by atoms with Gasteiger partial charge in [0.05, 0.1) is 0 Å². The highest BCUT2D eigenvalue weighted by Gasteiger charge is 2.39. The fourth-order valence-corrected chi connectivity index (χ4v) is 2.62. The van der Waals surface area contributed by atoms with Gasteiger partial charge in [-0.05, 0) is 19.3 Å². The van der Waals surface area contributed by atoms with E-state index in [9.17, 15) is 4.79 Å². The van der Waals surface area contributed by atoms with Gasteiger partial charge in [-0.15, -0.1) is 0 Å². The molecule has 3 N–H and O–H groups in total. The number of piperidine rings is 1. The Morgan fingerprint density at radius 2 is 2.12 bits per heavy atom. The predicted octanol–water partition coefficient (Wildman–Crippen LogP) is 0.617. The maximum atomic E-state index is 11.1. The monoisotopic (exact) mass is 260 g/mol. The molecule has 0 aromatic carbocycles. The Labute approximate surface area is 107 Å². The molecule has 1 unspecified atom stereocenters. The van der Waals surface area contributed by atoms with Crippen LogP contribution in [0.3, 0.4) is 0 Å². The second-order valence-electron chi connectivity index (χ2n) is 4.36. The molecule has 0 bridgehead atoms. The SMILES string of the molecule is CCC(C(=O)O)N1CCC(OC)(C(N)=S)CC1. The third kappa shape index (κ3) is 2.94. The van der Waals surface area contributed by atoms with Crippen molar-refractivity contribution in [2.45, 2.75) is 37.8 Å². The molecular formula is C11H20N2O3S. The maximum absolute atomic E-state index is 11.1. The van der Waals surface area contributed by atoms with Crippen molar-refractivity contribution in [3.8, 4) is 0 Å². The lowest BCUT2D eigenvalue weighted by atomic mass is 9.90. The number of carboxylic acids is 1. The number of carboxylic acid groups (broad SMARTS) is 1. The number of rotatable bonds is 5. The van der Waals surface area contributed by atoms with Crippen LogP contribution in [0.15, 0.2) is 0 Å². The number of thiocarbonyl (C=S) groups is 1. The number of hydrogen-bond donors (Lipinski definition) is 2. The van der Waals surface area contributed by atoms with E-state index in [1.54, 1.807) is 7.11 Å². The molecule has 6 heteroatoms. The molecule has 1 fully saturated rings. The van der Waals surface area contributed by atoms with Crippen molar-refractivity contribution in [1.29, 1.82) is 0 Å². The van der Waals surface area contributed by atoms with Gasteiger partial charge in [0.1, 0.15) is 16.6 Å². The highest BCUT2D eigenvalue weighted by atomic mass is 32.1. The van der Waals surface area contributed by atoms with Crippen LogP contribution in [-0.2, 0) is 9.53 Å². The first-order valence-corrected chi connectivity index (χ1v) is 6.19. The van der Waals surface area contributed by atoms with E-state index in [0.29, 0.717) is 37.3 Å². The molecule has 1 rings (SSSR count). The van der Waals surface area contributed by atoms with E-state index in [-0.39, 0.29) is 0 Å². The van der Waals surface area contributed by atoms with Gasteiger partial charge in [0.25, 0.3) is 0 Å². The summed E-state index contributed by atoms with van der Waals surface area (Å²) in [5, 5.41) is 9.10. The van der Waals surface area contributed by atoms with Crippen molar-refractivity contribution in [1.82, 2.24) is 4.90 Å². The number of nitrogens with zero attached hydrogens (tertiary/aromatic N) is 1. The number of aliphatic carboxylic acids is 1. The zero-order valence-electron chi connectivity index (χ0n) is 10.3. The average molecular weight is 260 g/mol. The van der Waals surface area contributed by atoms with E-state index in [2.05, 4.69) is 0 Å². The summed E-state index contributed by atoms with van der Waals surface area (Å²) in [6.07, 6.45) is 1.91. The highest BCUT2D eigenvalue weighted by molar-refractivity contribution is 7.80. The molecule has 1 aliphatic heterocycles. The third-order valence-corrected chi connectivity index (χ3v) is 3.93. The number of methoxy groups -OCH3 is 1. The second-order valence-corrected chi connectivity index (χ2v) is 4.80. The van der Waals surface area contributed by atoms with Crippen LogP contribution >= 0.6 is 12.2 Å². The standard InChI is InChI=1S/C11H20N2O3S/c1-3-8(9(14)15)13-6-4-11(16-2,5-7-13)10(12)17/h8H,3-7H2,1-2H3,(H2,12,17)(H,14,15). The summed E-state index contributed by atoms with van der Waals surface area (Å²) in [7, 11) is 1.60. The summed E-state index contributed by atoms with van der Waals surface area (Å²) in [5.74, 6) is -0.771. The maximum Gasteiger partial charge on any atom is 0.320 e. The van der Waals surface area contributed by atoms with Crippen LogP contribution in [0.2, 0.25) is 0 Å². The van der Waals surface area contributed by atoms with Gasteiger partial charge < -0.3 is 15.6 Å². The smallest absolute Gasteiger partial charge is 0.320 e. The lowest BCUT2D eigenvalue weighted by Crippen LogP contribution is -2.55. The van der Waals surface area contributed by atoms with Gasteiger partial charge in [-0.25, -0.2) is 0 Å². The van der Waals surface area contributed by atoms with Gasteiger partial charge in [-0.3, -0.25) is 9.69 Å². The Kier molecular flexibility index (Phi) is 4.85. The minimum absolute atomic E-state index is 0.364. The normalized spacial score (nSPS) is 22.0. The number of likely N-dealkylation sites (tertiary alicyclic amines) is 1. The van der Waals surface area contributed by atoms with Gasteiger partial charge >= 0.3 is 5.97 Å². The molecule has 17 heavy (non-hydrogen) atoms. The van der Waals surface area contributed by atoms with Gasteiger partial charge in [0.2, 0.25) is 0 Å². The number of ether oxygens (including phenoxy) is 1. The molecule has 0 aromatic heterocycles. The fraction of sp³-hybridized carbons (Fsp3) is 0.818. The Bertz CT molecular complexity index is 301. The van der Waals surface area contributed by atoms with Crippen LogP contribution in [0.5, 0.6) is 0 Å². The van der Waals surface area contributed by atoms with Gasteiger partial charge in [-0.1, -0.05) is 19.1 Å². The van der Waals surface area contributed by atoms with E-state index in [1.165, 1.54) is 0 Å². The van der Waals surface area contributed by atoms with Crippen LogP contribution in [0.1, 0.15) is 26.2 Å². The van der Waals surface area contributed by atoms with Crippen molar-refractivity contribution >= 4 is 23.2 Å². The zero-order valence-corrected chi connectivity index (χ0v) is 11.1. The van der Waals surface area contributed by atoms with E-state index >= 15 is 0 Å². The van der Waals surface area contributed by atoms with Crippen molar-refractivity contribution < 1.29 is 14.6 Å². The topological polar surface area (TPSA) is 75.8 Å². The first kappa shape index (κ1) is 14.3. The Morgan fingerprint density at radius 3 is 2.41 bits per heavy atom. The molecule has 1 saturated heterocycles. The molecule has 5 nitrogen and oxygen atoms in total. The summed E-state index contributed by atoms with van der Waals surface area (Å²) in [6.45, 7) is 3.18. The minimum atomic E-state index is -0.771. The molecule has 0 aliphatic carbocycles. The van der Waals surface area contributed by atoms with Crippen LogP contribution in [-0.4, -0.2) is 52.8 Å². The van der Waals surface area contributed by atoms with Crippen molar-refractivity contribution in [3.63, 3.8) is 0 Å². The first-order chi connectivity index (χ1) is 7.96. The van der Waals surface area contributed by atoms with E-state index in [4.69, 9.17) is 27.8 Å². The molecule has 0 radical (unpaired) electrons. The Morgan fingerprint density at radius 1 is 1.59 bits per heavy atom. The molecular weight excluding hydrogens is 240 g/mol. The van der Waals surface area contributed by atoms with Crippen molar-refractivity contribution in [2.75, 3.05) is 20.2 Å². The lowest BCUT2D eigenvalue weighted by Gasteiger charge is -2.41. The molecule has 98 valence electrons. The number of carbonyl (C=O) groups is 1. The molecule has 1 atom stereocenters. The second kappa shape index (κ2) is 5.75. The summed E-state index contributed by atoms with van der Waals surface area (Å²) in [5.41, 5.74) is 5.15. The van der Waals surface area contributed by atoms with Gasteiger partial charge in [-0.2, -0.15) is 0 Å². The predicted molar refractivity (Wildman–Crippen MR) is 69.0 cm³/mol. The summed E-state index contributed by atoms with van der Waals surface area (Å²) >= 11 is 5.03. The molecule has 0 saturated carbocycles. The van der Waals surface area contributed by atoms with Crippen LogP contribution in [0.4, 0.5) is 0 Å². The highest BCUT2D eigenvalue weighted by Crippen LogP contribution is 2.27. The first-order valence-electron chi connectivity index (χ1n) is 5.78. The fourth-order valence-electron chi connectivity index (χ4n) is 2.34. The van der Waals surface area contributed by atoms with Gasteiger partial charge in [0.15, 0.2) is 0 Å². The van der Waals surface area contributed by atoms with E-state index < -0.39 is 17.6 Å². The summed E-state index contributed by atoms with van der Waals surface area (Å²) < 4.78 is 5.42. The molecule has 0 spiro atoms. The largest absolute Gasteiger partial charge is 0.480 e. The third-order valence-electron chi connectivity index (χ3n) is 3.56. The minimum Gasteiger partial charge on any atom is -0.480 e. The number of nitrogens with two attached hydrogens (primary N) is 1. The summed E-state index contributed by atoms with van der Waals surface area (Å²) in [6, 6.07) is -0.420. The van der Waals surface area contributed by atoms with Crippen LogP contribution in [0.25, 0.3) is 0 Å². The van der Waals surface area contributed by atoms with E-state index in [1.807, 2.05) is 11.8 Å². The Balaban J connectivity index is 2.67. The lowest BCUT2D eigenvalue weighted by molar-refractivity contribution is -0.145. The van der Waals surface area contributed by atoms with Crippen LogP contribution in [0, 0.1) is 0 Å².